The summed E-state index contributed by atoms with van der Waals surface area (Å²) in [5.41, 5.74) is -0.451. The van der Waals surface area contributed by atoms with Gasteiger partial charge in [0.05, 0.1) is 6.61 Å². The third-order valence-electron chi connectivity index (χ3n) is 1.52. The summed E-state index contributed by atoms with van der Waals surface area (Å²) in [4.78, 5) is 11.2. The van der Waals surface area contributed by atoms with Gasteiger partial charge >= 0.3 is 6.09 Å². The highest BCUT2D eigenvalue weighted by Crippen LogP contribution is 2.06. The minimum absolute atomic E-state index is 0.392. The predicted molar refractivity (Wildman–Crippen MR) is 63.1 cm³/mol. The molecule has 0 aromatic heterocycles. The smallest absolute Gasteiger partial charge is 0.407 e. The summed E-state index contributed by atoms with van der Waals surface area (Å²) in [6.07, 6.45) is 6.05. The lowest BCUT2D eigenvalue weighted by molar-refractivity contribution is 0.0520. The Morgan fingerprint density at radius 1 is 1.38 bits per heavy atom. The number of alkyl carbamates (subject to hydrolysis) is 1. The zero-order chi connectivity index (χ0) is 12.4. The van der Waals surface area contributed by atoms with Crippen molar-refractivity contribution in [3.05, 3.63) is 0 Å². The fourth-order valence-corrected chi connectivity index (χ4v) is 0.912. The molecule has 0 rings (SSSR count). The minimum Gasteiger partial charge on any atom is -0.444 e. The molecule has 0 unspecified atom stereocenters. The normalized spacial score (nSPS) is 10.6. The fraction of sp³-hybridized carbons (Fsp3) is 0.750. The Bertz CT molecular complexity index is 238. The van der Waals surface area contributed by atoms with Crippen molar-refractivity contribution in [2.75, 3.05) is 19.8 Å². The molecule has 0 aliphatic rings. The van der Waals surface area contributed by atoms with Crippen LogP contribution in [0.1, 0.15) is 33.6 Å². The average molecular weight is 227 g/mol. The summed E-state index contributed by atoms with van der Waals surface area (Å²) in [6, 6.07) is 0. The van der Waals surface area contributed by atoms with Crippen LogP contribution in [0.2, 0.25) is 0 Å². The number of terminal acetylenes is 1. The van der Waals surface area contributed by atoms with Gasteiger partial charge in [0.25, 0.3) is 0 Å². The lowest BCUT2D eigenvalue weighted by Gasteiger charge is -2.19. The van der Waals surface area contributed by atoms with Crippen LogP contribution in [-0.4, -0.2) is 31.5 Å². The van der Waals surface area contributed by atoms with Crippen molar-refractivity contribution in [3.63, 3.8) is 0 Å². The van der Waals surface area contributed by atoms with E-state index in [9.17, 15) is 4.79 Å². The molecule has 0 aliphatic heterocycles. The van der Waals surface area contributed by atoms with Gasteiger partial charge in [0.1, 0.15) is 5.60 Å². The molecule has 4 nitrogen and oxygen atoms in total. The number of rotatable bonds is 6. The summed E-state index contributed by atoms with van der Waals surface area (Å²) in [5.74, 6) is 2.49. The largest absolute Gasteiger partial charge is 0.444 e. The lowest BCUT2D eigenvalue weighted by Crippen LogP contribution is -2.33. The first-order valence-corrected chi connectivity index (χ1v) is 5.44. The zero-order valence-corrected chi connectivity index (χ0v) is 10.3. The Morgan fingerprint density at radius 2 is 2.06 bits per heavy atom. The highest BCUT2D eigenvalue weighted by molar-refractivity contribution is 5.67. The number of nitrogens with one attached hydrogen (secondary N) is 1. The second kappa shape index (κ2) is 8.00. The molecule has 0 fully saturated rings. The highest BCUT2D eigenvalue weighted by Gasteiger charge is 2.15. The van der Waals surface area contributed by atoms with Gasteiger partial charge < -0.3 is 14.8 Å². The van der Waals surface area contributed by atoms with E-state index in [0.717, 1.165) is 6.42 Å². The van der Waals surface area contributed by atoms with E-state index in [-0.39, 0.29) is 0 Å². The molecule has 1 amide bonds. The maximum atomic E-state index is 11.2. The van der Waals surface area contributed by atoms with Crippen molar-refractivity contribution in [2.45, 2.75) is 39.2 Å². The quantitative estimate of drug-likeness (QED) is 0.557. The maximum absolute atomic E-state index is 11.2. The minimum atomic E-state index is -0.451. The van der Waals surface area contributed by atoms with Gasteiger partial charge in [-0.15, -0.1) is 12.3 Å². The van der Waals surface area contributed by atoms with E-state index in [1.165, 1.54) is 0 Å². The molecule has 0 saturated heterocycles. The van der Waals surface area contributed by atoms with Crippen molar-refractivity contribution in [3.8, 4) is 12.3 Å². The zero-order valence-electron chi connectivity index (χ0n) is 10.3. The number of ether oxygens (including phenoxy) is 2. The van der Waals surface area contributed by atoms with Crippen molar-refractivity contribution in [2.24, 2.45) is 0 Å². The summed E-state index contributed by atoms with van der Waals surface area (Å²) in [6.45, 7) is 7.20. The van der Waals surface area contributed by atoms with Crippen LogP contribution >= 0.6 is 0 Å². The summed E-state index contributed by atoms with van der Waals surface area (Å²) < 4.78 is 10.3. The molecule has 0 atom stereocenters. The number of hydrogen-bond acceptors (Lipinski definition) is 3. The fourth-order valence-electron chi connectivity index (χ4n) is 0.912. The first kappa shape index (κ1) is 14.8. The van der Waals surface area contributed by atoms with Crippen molar-refractivity contribution < 1.29 is 14.3 Å². The van der Waals surface area contributed by atoms with E-state index >= 15 is 0 Å². The van der Waals surface area contributed by atoms with Gasteiger partial charge in [-0.2, -0.15) is 0 Å². The van der Waals surface area contributed by atoms with Crippen molar-refractivity contribution >= 4 is 6.09 Å². The summed E-state index contributed by atoms with van der Waals surface area (Å²) >= 11 is 0. The first-order valence-electron chi connectivity index (χ1n) is 5.44. The highest BCUT2D eigenvalue weighted by atomic mass is 16.6. The van der Waals surface area contributed by atoms with Crippen molar-refractivity contribution in [1.29, 1.82) is 0 Å². The average Bonchev–Trinajstić information content (AvgIpc) is 2.13. The second-order valence-corrected chi connectivity index (χ2v) is 4.35. The molecule has 1 N–H and O–H groups in total. The van der Waals surface area contributed by atoms with Crippen LogP contribution in [0.5, 0.6) is 0 Å². The molecular formula is C12H21NO3. The van der Waals surface area contributed by atoms with Crippen molar-refractivity contribution in [1.82, 2.24) is 5.32 Å². The molecule has 0 spiro atoms. The van der Waals surface area contributed by atoms with Crippen LogP contribution in [0.25, 0.3) is 0 Å². The van der Waals surface area contributed by atoms with Gasteiger partial charge in [-0.1, -0.05) is 0 Å². The second-order valence-electron chi connectivity index (χ2n) is 4.35. The van der Waals surface area contributed by atoms with E-state index in [4.69, 9.17) is 15.9 Å². The van der Waals surface area contributed by atoms with Crippen LogP contribution in [-0.2, 0) is 9.47 Å². The van der Waals surface area contributed by atoms with Crippen LogP contribution in [0.15, 0.2) is 0 Å². The molecule has 4 heteroatoms. The van der Waals surface area contributed by atoms with E-state index in [1.807, 2.05) is 20.8 Å². The Morgan fingerprint density at radius 3 is 2.62 bits per heavy atom. The van der Waals surface area contributed by atoms with E-state index < -0.39 is 11.7 Å². The molecular weight excluding hydrogens is 206 g/mol. The van der Waals surface area contributed by atoms with Crippen LogP contribution < -0.4 is 5.32 Å². The first-order chi connectivity index (χ1) is 7.45. The third-order valence-corrected chi connectivity index (χ3v) is 1.52. The molecule has 0 heterocycles. The standard InChI is InChI=1S/C12H21NO3/c1-5-6-9-15-10-7-8-13-11(14)16-12(2,3)4/h1H,6-10H2,2-4H3,(H,13,14). The molecule has 0 aromatic rings. The Labute approximate surface area is 97.7 Å². The summed E-state index contributed by atoms with van der Waals surface area (Å²) in [7, 11) is 0. The topological polar surface area (TPSA) is 47.6 Å². The van der Waals surface area contributed by atoms with E-state index in [2.05, 4.69) is 11.2 Å². The molecule has 0 aromatic carbocycles. The molecule has 0 saturated carbocycles. The van der Waals surface area contributed by atoms with Crippen LogP contribution in [0.4, 0.5) is 4.79 Å². The molecule has 0 bridgehead atoms. The van der Waals surface area contributed by atoms with Crippen LogP contribution in [0.3, 0.4) is 0 Å². The number of carbonyl (C=O) groups excluding carboxylic acids is 1. The maximum Gasteiger partial charge on any atom is 0.407 e. The van der Waals surface area contributed by atoms with Gasteiger partial charge in [0.2, 0.25) is 0 Å². The molecule has 16 heavy (non-hydrogen) atoms. The number of carbonyl (C=O) groups is 1. The van der Waals surface area contributed by atoms with Crippen LogP contribution in [0, 0.1) is 12.3 Å². The lowest BCUT2D eigenvalue weighted by atomic mass is 10.2. The third kappa shape index (κ3) is 10.9. The van der Waals surface area contributed by atoms with E-state index in [1.54, 1.807) is 0 Å². The molecule has 92 valence electrons. The van der Waals surface area contributed by atoms with Gasteiger partial charge in [-0.25, -0.2) is 4.79 Å². The van der Waals surface area contributed by atoms with Gasteiger partial charge in [-0.3, -0.25) is 0 Å². The predicted octanol–water partition coefficient (Wildman–Crippen LogP) is 1.94. The summed E-state index contributed by atoms with van der Waals surface area (Å²) in [5, 5.41) is 2.65. The Hall–Kier alpha value is -1.21. The Balaban J connectivity index is 3.32. The number of hydrogen-bond donors (Lipinski definition) is 1. The SMILES string of the molecule is C#CCCOCCCNC(=O)OC(C)(C)C. The molecule has 0 aliphatic carbocycles. The Kier molecular flexibility index (Phi) is 7.40. The monoisotopic (exact) mass is 227 g/mol. The molecule has 0 radical (unpaired) electrons. The van der Waals surface area contributed by atoms with Gasteiger partial charge in [0, 0.05) is 19.6 Å². The van der Waals surface area contributed by atoms with Gasteiger partial charge in [-0.05, 0) is 27.2 Å². The number of amides is 1. The van der Waals surface area contributed by atoms with Gasteiger partial charge in [0.15, 0.2) is 0 Å². The van der Waals surface area contributed by atoms with E-state index in [0.29, 0.717) is 26.2 Å².